The van der Waals surface area contributed by atoms with E-state index in [0.717, 1.165) is 38.4 Å². The average molecular weight is 283 g/mol. The molecule has 1 atom stereocenters. The van der Waals surface area contributed by atoms with Crippen molar-refractivity contribution in [2.75, 3.05) is 13.2 Å². The van der Waals surface area contributed by atoms with Gasteiger partial charge < -0.3 is 14.6 Å². The van der Waals surface area contributed by atoms with E-state index in [2.05, 4.69) is 39.3 Å². The number of aryl methyl sites for hydroxylation is 1. The van der Waals surface area contributed by atoms with Crippen molar-refractivity contribution < 1.29 is 4.74 Å². The molecule has 110 valence electrons. The van der Waals surface area contributed by atoms with E-state index < -0.39 is 0 Å². The number of benzene rings is 1. The third kappa shape index (κ3) is 2.56. The number of aromatic nitrogens is 2. The molecule has 0 saturated heterocycles. The molecule has 0 amide bonds. The summed E-state index contributed by atoms with van der Waals surface area (Å²) in [6.45, 7) is 3.88. The second-order valence-electron chi connectivity index (χ2n) is 5.99. The zero-order valence-corrected chi connectivity index (χ0v) is 12.2. The van der Waals surface area contributed by atoms with Gasteiger partial charge in [0, 0.05) is 44.4 Å². The van der Waals surface area contributed by atoms with Gasteiger partial charge in [0.25, 0.3) is 0 Å². The molecule has 1 aromatic carbocycles. The Morgan fingerprint density at radius 3 is 3.38 bits per heavy atom. The number of ether oxygens (including phenoxy) is 1. The number of imidazole rings is 1. The molecule has 0 fully saturated rings. The highest BCUT2D eigenvalue weighted by Crippen LogP contribution is 2.27. The maximum atomic E-state index is 5.55. The molecule has 0 spiro atoms. The Labute approximate surface area is 125 Å². The molecule has 4 heteroatoms. The topological polar surface area (TPSA) is 39.1 Å². The molecule has 1 N–H and O–H groups in total. The van der Waals surface area contributed by atoms with E-state index in [0.29, 0.717) is 5.92 Å². The Bertz CT molecular complexity index is 635. The summed E-state index contributed by atoms with van der Waals surface area (Å²) in [4.78, 5) is 4.52. The molecule has 1 unspecified atom stereocenters. The highest BCUT2D eigenvalue weighted by Gasteiger charge is 2.20. The zero-order chi connectivity index (χ0) is 14.1. The number of hydrogen-bond acceptors (Lipinski definition) is 3. The number of fused-ring (bicyclic) bond motifs is 2. The summed E-state index contributed by atoms with van der Waals surface area (Å²) >= 11 is 0. The Kier molecular flexibility index (Phi) is 3.39. The summed E-state index contributed by atoms with van der Waals surface area (Å²) in [5.74, 6) is 2.86. The SMILES string of the molecule is c1cn2c(n1)C(CNCc1ccc3c(c1)CCO3)CCC2. The van der Waals surface area contributed by atoms with Crippen LogP contribution in [0.25, 0.3) is 0 Å². The second-order valence-corrected chi connectivity index (χ2v) is 5.99. The highest BCUT2D eigenvalue weighted by atomic mass is 16.5. The summed E-state index contributed by atoms with van der Waals surface area (Å²) in [6, 6.07) is 6.54. The minimum Gasteiger partial charge on any atom is -0.493 e. The molecular weight excluding hydrogens is 262 g/mol. The fourth-order valence-corrected chi connectivity index (χ4v) is 3.44. The Hall–Kier alpha value is -1.81. The van der Waals surface area contributed by atoms with Gasteiger partial charge in [-0.3, -0.25) is 0 Å². The van der Waals surface area contributed by atoms with Crippen molar-refractivity contribution >= 4 is 0 Å². The van der Waals surface area contributed by atoms with Crippen molar-refractivity contribution in [3.63, 3.8) is 0 Å². The molecule has 0 saturated carbocycles. The van der Waals surface area contributed by atoms with E-state index in [-0.39, 0.29) is 0 Å². The van der Waals surface area contributed by atoms with Crippen LogP contribution in [-0.2, 0) is 19.5 Å². The van der Waals surface area contributed by atoms with E-state index in [1.807, 2.05) is 6.20 Å². The normalized spacial score (nSPS) is 19.9. The molecule has 4 nitrogen and oxygen atoms in total. The molecule has 3 heterocycles. The van der Waals surface area contributed by atoms with Crippen LogP contribution in [0.4, 0.5) is 0 Å². The van der Waals surface area contributed by atoms with Crippen molar-refractivity contribution in [3.05, 3.63) is 47.5 Å². The third-order valence-corrected chi connectivity index (χ3v) is 4.54. The van der Waals surface area contributed by atoms with Crippen molar-refractivity contribution in [2.45, 2.75) is 38.3 Å². The van der Waals surface area contributed by atoms with Crippen LogP contribution in [0.1, 0.15) is 35.7 Å². The lowest BCUT2D eigenvalue weighted by atomic mass is 9.99. The standard InChI is InChI=1S/C17H21N3O/c1-2-15(17-19-6-8-20(17)7-1)12-18-11-13-3-4-16-14(10-13)5-9-21-16/h3-4,6,8,10,15,18H,1-2,5,7,9,11-12H2. The van der Waals surface area contributed by atoms with Crippen molar-refractivity contribution in [2.24, 2.45) is 0 Å². The smallest absolute Gasteiger partial charge is 0.122 e. The van der Waals surface area contributed by atoms with Gasteiger partial charge in [0.15, 0.2) is 0 Å². The van der Waals surface area contributed by atoms with Gasteiger partial charge in [-0.25, -0.2) is 4.98 Å². The lowest BCUT2D eigenvalue weighted by molar-refractivity contribution is 0.357. The minimum absolute atomic E-state index is 0.548. The molecule has 1 aromatic heterocycles. The van der Waals surface area contributed by atoms with Gasteiger partial charge in [-0.05, 0) is 30.0 Å². The number of nitrogens with one attached hydrogen (secondary N) is 1. The average Bonchev–Trinajstić information content (AvgIpc) is 3.15. The number of rotatable bonds is 4. The molecule has 2 aliphatic heterocycles. The third-order valence-electron chi connectivity index (χ3n) is 4.54. The van der Waals surface area contributed by atoms with Gasteiger partial charge in [0.1, 0.15) is 11.6 Å². The molecule has 0 radical (unpaired) electrons. The van der Waals surface area contributed by atoms with E-state index in [1.165, 1.54) is 29.8 Å². The van der Waals surface area contributed by atoms with Gasteiger partial charge >= 0.3 is 0 Å². The zero-order valence-electron chi connectivity index (χ0n) is 12.2. The lowest BCUT2D eigenvalue weighted by Gasteiger charge is -2.23. The molecule has 2 aliphatic rings. The van der Waals surface area contributed by atoms with E-state index in [9.17, 15) is 0 Å². The van der Waals surface area contributed by atoms with E-state index in [1.54, 1.807) is 0 Å². The fraction of sp³-hybridized carbons (Fsp3) is 0.471. The quantitative estimate of drug-likeness (QED) is 0.937. The van der Waals surface area contributed by atoms with Crippen LogP contribution < -0.4 is 10.1 Å². The van der Waals surface area contributed by atoms with E-state index >= 15 is 0 Å². The fourth-order valence-electron chi connectivity index (χ4n) is 3.44. The summed E-state index contributed by atoms with van der Waals surface area (Å²) in [6.07, 6.45) is 7.56. The molecule has 0 bridgehead atoms. The first-order valence-electron chi connectivity index (χ1n) is 7.86. The first-order chi connectivity index (χ1) is 10.4. The first kappa shape index (κ1) is 12.9. The van der Waals surface area contributed by atoms with Crippen LogP contribution in [0.15, 0.2) is 30.6 Å². The van der Waals surface area contributed by atoms with Crippen LogP contribution >= 0.6 is 0 Å². The van der Waals surface area contributed by atoms with Gasteiger partial charge in [-0.2, -0.15) is 0 Å². The number of hydrogen-bond donors (Lipinski definition) is 1. The van der Waals surface area contributed by atoms with Crippen LogP contribution in [0.3, 0.4) is 0 Å². The Morgan fingerprint density at radius 2 is 2.38 bits per heavy atom. The van der Waals surface area contributed by atoms with Gasteiger partial charge in [-0.1, -0.05) is 12.1 Å². The Balaban J connectivity index is 1.36. The van der Waals surface area contributed by atoms with Crippen molar-refractivity contribution in [3.8, 4) is 5.75 Å². The van der Waals surface area contributed by atoms with Crippen LogP contribution in [-0.4, -0.2) is 22.7 Å². The molecular formula is C17H21N3O. The second kappa shape index (κ2) is 5.53. The minimum atomic E-state index is 0.548. The first-order valence-corrected chi connectivity index (χ1v) is 7.86. The van der Waals surface area contributed by atoms with Gasteiger partial charge in [-0.15, -0.1) is 0 Å². The van der Waals surface area contributed by atoms with Crippen molar-refractivity contribution in [1.29, 1.82) is 0 Å². The molecule has 21 heavy (non-hydrogen) atoms. The summed E-state index contributed by atoms with van der Waals surface area (Å²) in [5, 5.41) is 3.60. The van der Waals surface area contributed by atoms with Gasteiger partial charge in [0.2, 0.25) is 0 Å². The van der Waals surface area contributed by atoms with Crippen LogP contribution in [0.2, 0.25) is 0 Å². The molecule has 2 aromatic rings. The van der Waals surface area contributed by atoms with Crippen LogP contribution in [0.5, 0.6) is 5.75 Å². The van der Waals surface area contributed by atoms with Gasteiger partial charge in [0.05, 0.1) is 6.61 Å². The van der Waals surface area contributed by atoms with Crippen molar-refractivity contribution in [1.82, 2.24) is 14.9 Å². The predicted molar refractivity (Wildman–Crippen MR) is 81.5 cm³/mol. The largest absolute Gasteiger partial charge is 0.493 e. The maximum Gasteiger partial charge on any atom is 0.122 e. The molecule has 0 aliphatic carbocycles. The van der Waals surface area contributed by atoms with Crippen LogP contribution in [0, 0.1) is 0 Å². The number of nitrogens with zero attached hydrogens (tertiary/aromatic N) is 2. The lowest BCUT2D eigenvalue weighted by Crippen LogP contribution is -2.26. The summed E-state index contributed by atoms with van der Waals surface area (Å²) in [5.41, 5.74) is 2.70. The maximum absolute atomic E-state index is 5.55. The Morgan fingerprint density at radius 1 is 1.38 bits per heavy atom. The predicted octanol–water partition coefficient (Wildman–Crippen LogP) is 2.49. The highest BCUT2D eigenvalue weighted by molar-refractivity contribution is 5.39. The monoisotopic (exact) mass is 283 g/mol. The summed E-state index contributed by atoms with van der Waals surface area (Å²) in [7, 11) is 0. The molecule has 4 rings (SSSR count). The van der Waals surface area contributed by atoms with E-state index in [4.69, 9.17) is 4.74 Å². The summed E-state index contributed by atoms with van der Waals surface area (Å²) < 4.78 is 7.85.